The zero-order chi connectivity index (χ0) is 23.0. The van der Waals surface area contributed by atoms with E-state index < -0.39 is 65.3 Å². The molecule has 0 heterocycles. The molecule has 0 N–H and O–H groups in total. The van der Waals surface area contributed by atoms with Gasteiger partial charge in [-0.05, 0) is 6.92 Å². The highest BCUT2D eigenvalue weighted by atomic mass is 19.4. The molecule has 2 saturated carbocycles. The number of hydrogen-bond acceptors (Lipinski definition) is 4. The zero-order valence-electron chi connectivity index (χ0n) is 13.4. The fraction of sp³-hybridized carbons (Fsp3) is 0.692. The van der Waals surface area contributed by atoms with E-state index in [2.05, 4.69) is 9.47 Å². The van der Waals surface area contributed by atoms with Gasteiger partial charge in [0, 0.05) is 11.6 Å². The van der Waals surface area contributed by atoms with Gasteiger partial charge < -0.3 is 9.47 Å². The van der Waals surface area contributed by atoms with Crippen LogP contribution in [0.15, 0.2) is 11.6 Å². The Morgan fingerprint density at radius 1 is 0.655 bits per heavy atom. The third-order valence-electron chi connectivity index (χ3n) is 4.11. The first-order valence-corrected chi connectivity index (χ1v) is 7.04. The smallest absolute Gasteiger partial charge is 0.380 e. The molecule has 0 spiro atoms. The predicted octanol–water partition coefficient (Wildman–Crippen LogP) is 3.60. The van der Waals surface area contributed by atoms with Crippen molar-refractivity contribution in [2.24, 2.45) is 0 Å². The van der Waals surface area contributed by atoms with Gasteiger partial charge in [0.2, 0.25) is 12.2 Å². The molecule has 2 rings (SSSR count). The van der Waals surface area contributed by atoms with Gasteiger partial charge in [-0.3, -0.25) is 0 Å². The van der Waals surface area contributed by atoms with Gasteiger partial charge in [0.25, 0.3) is 0 Å². The van der Waals surface area contributed by atoms with Crippen LogP contribution in [0.4, 0.5) is 52.7 Å². The summed E-state index contributed by atoms with van der Waals surface area (Å²) in [6.07, 6.45) is -8.23. The van der Waals surface area contributed by atoms with Crippen LogP contribution in [0.25, 0.3) is 0 Å². The van der Waals surface area contributed by atoms with Crippen molar-refractivity contribution in [3.8, 4) is 0 Å². The van der Waals surface area contributed by atoms with Crippen molar-refractivity contribution in [3.63, 3.8) is 0 Å². The van der Waals surface area contributed by atoms with Crippen LogP contribution in [0.1, 0.15) is 6.92 Å². The summed E-state index contributed by atoms with van der Waals surface area (Å²) < 4.78 is 161. The minimum Gasteiger partial charge on any atom is -0.446 e. The summed E-state index contributed by atoms with van der Waals surface area (Å²) in [5.74, 6) is -38.3. The Labute approximate surface area is 151 Å². The quantitative estimate of drug-likeness (QED) is 0.370. The molecule has 0 atom stereocenters. The molecule has 0 aromatic heterocycles. The molecule has 0 aromatic rings. The number of carbonyl (C=O) groups is 2. The Morgan fingerprint density at radius 3 is 1.31 bits per heavy atom. The fourth-order valence-corrected chi connectivity index (χ4v) is 2.28. The summed E-state index contributed by atoms with van der Waals surface area (Å²) in [7, 11) is 0. The van der Waals surface area contributed by atoms with Gasteiger partial charge in [-0.2, -0.15) is 52.7 Å². The number of alkyl halides is 12. The second-order valence-electron chi connectivity index (χ2n) is 6.07. The normalized spacial score (nSPS) is 28.7. The lowest BCUT2D eigenvalue weighted by atomic mass is 9.80. The third-order valence-corrected chi connectivity index (χ3v) is 4.11. The average Bonchev–Trinajstić information content (AvgIpc) is 2.55. The third kappa shape index (κ3) is 2.69. The highest BCUT2D eigenvalue weighted by Gasteiger charge is 2.93. The molecule has 0 bridgehead atoms. The van der Waals surface area contributed by atoms with Crippen molar-refractivity contribution in [2.45, 2.75) is 54.7 Å². The molecule has 0 unspecified atom stereocenters. The second kappa shape index (κ2) is 5.93. The van der Waals surface area contributed by atoms with Crippen LogP contribution in [0.5, 0.6) is 0 Å². The molecule has 4 nitrogen and oxygen atoms in total. The summed E-state index contributed by atoms with van der Waals surface area (Å²) in [5.41, 5.74) is -1.31. The topological polar surface area (TPSA) is 52.6 Å². The number of halogens is 12. The monoisotopic (exact) mass is 454 g/mol. The summed E-state index contributed by atoms with van der Waals surface area (Å²) >= 11 is 0. The zero-order valence-corrected chi connectivity index (χ0v) is 13.4. The standard InChI is InChI=1S/C13H6F12O4/c1-3(5(27)29-7-10(18,19)13(24,25)11(7,20)21)2-4(26)28-6-8(14,15)12(22,23)9(6,16)17/h2,6-7H,1H3/b3-2-. The van der Waals surface area contributed by atoms with Crippen molar-refractivity contribution in [2.75, 3.05) is 0 Å². The van der Waals surface area contributed by atoms with Crippen LogP contribution in [-0.4, -0.2) is 59.7 Å². The maximum Gasteiger partial charge on any atom is 0.380 e. The Bertz CT molecular complexity index is 736. The molecule has 0 radical (unpaired) electrons. The van der Waals surface area contributed by atoms with E-state index in [1.165, 1.54) is 0 Å². The van der Waals surface area contributed by atoms with Gasteiger partial charge in [0.15, 0.2) is 0 Å². The first kappa shape index (κ1) is 23.1. The first-order valence-electron chi connectivity index (χ1n) is 7.04. The Hall–Kier alpha value is -2.16. The largest absolute Gasteiger partial charge is 0.446 e. The van der Waals surface area contributed by atoms with Crippen molar-refractivity contribution in [1.82, 2.24) is 0 Å². The van der Waals surface area contributed by atoms with E-state index in [4.69, 9.17) is 0 Å². The highest BCUT2D eigenvalue weighted by Crippen LogP contribution is 2.63. The molecule has 166 valence electrons. The Morgan fingerprint density at radius 2 is 0.966 bits per heavy atom. The van der Waals surface area contributed by atoms with Crippen LogP contribution in [0, 0.1) is 0 Å². The maximum atomic E-state index is 13.0. The number of hydrogen-bond donors (Lipinski definition) is 0. The Balaban J connectivity index is 2.08. The van der Waals surface area contributed by atoms with Crippen molar-refractivity contribution in [1.29, 1.82) is 0 Å². The summed E-state index contributed by atoms with van der Waals surface area (Å²) in [6.45, 7) is 0.419. The molecule has 0 aliphatic heterocycles. The van der Waals surface area contributed by atoms with Crippen molar-refractivity contribution in [3.05, 3.63) is 11.6 Å². The van der Waals surface area contributed by atoms with Crippen molar-refractivity contribution < 1.29 is 71.7 Å². The van der Waals surface area contributed by atoms with E-state index in [-0.39, 0.29) is 6.08 Å². The number of ether oxygens (including phenoxy) is 2. The molecular formula is C13H6F12O4. The van der Waals surface area contributed by atoms with E-state index >= 15 is 0 Å². The lowest BCUT2D eigenvalue weighted by Crippen LogP contribution is -2.79. The predicted molar refractivity (Wildman–Crippen MR) is 63.2 cm³/mol. The molecule has 16 heteroatoms. The number of rotatable bonds is 4. The minimum absolute atomic E-state index is 0.307. The van der Waals surface area contributed by atoms with Crippen LogP contribution in [0.3, 0.4) is 0 Å². The molecule has 2 aliphatic carbocycles. The SMILES string of the molecule is C/C(=C/C(=O)OC1C(F)(F)C(F)(F)C1(F)F)C(=O)OC1C(F)(F)C(F)(F)C1(F)F. The lowest BCUT2D eigenvalue weighted by Gasteiger charge is -2.48. The van der Waals surface area contributed by atoms with Gasteiger partial charge >= 0.3 is 47.5 Å². The molecule has 2 fully saturated rings. The molecule has 29 heavy (non-hydrogen) atoms. The lowest BCUT2D eigenvalue weighted by molar-refractivity contribution is -0.445. The van der Waals surface area contributed by atoms with Crippen LogP contribution in [-0.2, 0) is 19.1 Å². The summed E-state index contributed by atoms with van der Waals surface area (Å²) in [6, 6.07) is 0. The molecule has 0 saturated heterocycles. The fourth-order valence-electron chi connectivity index (χ4n) is 2.28. The van der Waals surface area contributed by atoms with Gasteiger partial charge in [0.1, 0.15) is 0 Å². The molecule has 2 aliphatic rings. The second-order valence-corrected chi connectivity index (χ2v) is 6.07. The van der Waals surface area contributed by atoms with Gasteiger partial charge in [-0.1, -0.05) is 0 Å². The van der Waals surface area contributed by atoms with Gasteiger partial charge in [-0.15, -0.1) is 0 Å². The van der Waals surface area contributed by atoms with Crippen LogP contribution < -0.4 is 0 Å². The van der Waals surface area contributed by atoms with Crippen molar-refractivity contribution >= 4 is 11.9 Å². The average molecular weight is 454 g/mol. The molecule has 0 aromatic carbocycles. The van der Waals surface area contributed by atoms with E-state index in [0.717, 1.165) is 0 Å². The van der Waals surface area contributed by atoms with E-state index in [1.54, 1.807) is 0 Å². The van der Waals surface area contributed by atoms with Gasteiger partial charge in [0.05, 0.1) is 0 Å². The van der Waals surface area contributed by atoms with E-state index in [9.17, 15) is 62.3 Å². The van der Waals surface area contributed by atoms with Crippen LogP contribution >= 0.6 is 0 Å². The van der Waals surface area contributed by atoms with Crippen LogP contribution in [0.2, 0.25) is 0 Å². The molecular weight excluding hydrogens is 448 g/mol. The summed E-state index contributed by atoms with van der Waals surface area (Å²) in [5, 5.41) is 0. The number of esters is 2. The maximum absolute atomic E-state index is 13.0. The minimum atomic E-state index is -5.87. The highest BCUT2D eigenvalue weighted by molar-refractivity contribution is 5.96. The Kier molecular flexibility index (Phi) is 4.73. The van der Waals surface area contributed by atoms with E-state index in [1.807, 2.05) is 0 Å². The first-order chi connectivity index (χ1) is 12.7. The summed E-state index contributed by atoms with van der Waals surface area (Å²) in [4.78, 5) is 22.6. The number of carbonyl (C=O) groups excluding carboxylic acids is 2. The van der Waals surface area contributed by atoms with Gasteiger partial charge in [-0.25, -0.2) is 9.59 Å². The molecule has 0 amide bonds. The van der Waals surface area contributed by atoms with E-state index in [0.29, 0.717) is 6.92 Å².